The van der Waals surface area contributed by atoms with Crippen molar-refractivity contribution in [3.8, 4) is 0 Å². The monoisotopic (exact) mass is 330 g/mol. The molecule has 0 radical (unpaired) electrons. The van der Waals surface area contributed by atoms with E-state index in [0.717, 1.165) is 22.7 Å². The number of hydrogen-bond acceptors (Lipinski definition) is 4. The lowest BCUT2D eigenvalue weighted by molar-refractivity contribution is -0.144. The van der Waals surface area contributed by atoms with E-state index in [4.69, 9.17) is 4.74 Å². The lowest BCUT2D eigenvalue weighted by Gasteiger charge is -2.37. The highest BCUT2D eigenvalue weighted by Crippen LogP contribution is 2.25. The summed E-state index contributed by atoms with van der Waals surface area (Å²) in [6.45, 7) is 5.36. The number of benzene rings is 1. The van der Waals surface area contributed by atoms with Gasteiger partial charge in [-0.3, -0.25) is 4.79 Å². The Kier molecular flexibility index (Phi) is 5.08. The molecular weight excluding hydrogens is 308 g/mol. The summed E-state index contributed by atoms with van der Waals surface area (Å²) in [4.78, 5) is 19.0. The molecule has 1 aromatic carbocycles. The van der Waals surface area contributed by atoms with Crippen LogP contribution in [0.3, 0.4) is 0 Å². The number of nitrogens with zero attached hydrogens (tertiary/aromatic N) is 2. The second-order valence-corrected chi connectivity index (χ2v) is 6.85. The third kappa shape index (κ3) is 3.98. The molecule has 1 aromatic heterocycles. The van der Waals surface area contributed by atoms with Crippen LogP contribution >= 0.6 is 11.3 Å². The predicted molar refractivity (Wildman–Crippen MR) is 91.5 cm³/mol. The van der Waals surface area contributed by atoms with E-state index in [1.54, 1.807) is 11.3 Å². The fourth-order valence-corrected chi connectivity index (χ4v) is 3.61. The molecule has 0 bridgehead atoms. The summed E-state index contributed by atoms with van der Waals surface area (Å²) in [6, 6.07) is 10.1. The first kappa shape index (κ1) is 16.1. The highest BCUT2D eigenvalue weighted by atomic mass is 32.1. The number of rotatable bonds is 4. The molecule has 1 aliphatic rings. The molecule has 5 heteroatoms. The first-order valence-corrected chi connectivity index (χ1v) is 8.95. The van der Waals surface area contributed by atoms with E-state index in [1.807, 2.05) is 35.4 Å². The normalized spacial score (nSPS) is 21.4. The topological polar surface area (TPSA) is 42.4 Å². The van der Waals surface area contributed by atoms with Gasteiger partial charge in [-0.1, -0.05) is 37.3 Å². The number of ether oxygens (including phenoxy) is 1. The lowest BCUT2D eigenvalue weighted by Crippen LogP contribution is -2.46. The predicted octanol–water partition coefficient (Wildman–Crippen LogP) is 3.24. The van der Waals surface area contributed by atoms with Gasteiger partial charge in [0, 0.05) is 11.9 Å². The van der Waals surface area contributed by atoms with Gasteiger partial charge < -0.3 is 9.64 Å². The minimum Gasteiger partial charge on any atom is -0.367 e. The van der Waals surface area contributed by atoms with E-state index < -0.39 is 0 Å². The van der Waals surface area contributed by atoms with Gasteiger partial charge >= 0.3 is 0 Å². The molecule has 2 aromatic rings. The third-order valence-corrected chi connectivity index (χ3v) is 5.06. The van der Waals surface area contributed by atoms with E-state index >= 15 is 0 Å². The Balaban J connectivity index is 1.67. The SMILES string of the molecule is CCc1nc(CC(=O)N2C[C@H](C)O[C@@H](c3ccccc3)C2)cs1. The molecule has 1 aliphatic heterocycles. The Bertz CT molecular complexity index is 656. The van der Waals surface area contributed by atoms with Crippen LogP contribution in [0.25, 0.3) is 0 Å². The molecule has 23 heavy (non-hydrogen) atoms. The summed E-state index contributed by atoms with van der Waals surface area (Å²) in [6.07, 6.45) is 1.29. The van der Waals surface area contributed by atoms with Gasteiger partial charge in [0.2, 0.25) is 5.91 Å². The maximum Gasteiger partial charge on any atom is 0.228 e. The maximum atomic E-state index is 12.6. The molecular formula is C18H22N2O2S. The Labute approximate surface area is 141 Å². The molecule has 0 N–H and O–H groups in total. The molecule has 1 amide bonds. The number of carbonyl (C=O) groups is 1. The molecule has 122 valence electrons. The van der Waals surface area contributed by atoms with Crippen LogP contribution in [-0.2, 0) is 22.4 Å². The first-order chi connectivity index (χ1) is 11.2. The Hall–Kier alpha value is -1.72. The van der Waals surface area contributed by atoms with Crippen molar-refractivity contribution < 1.29 is 9.53 Å². The zero-order chi connectivity index (χ0) is 16.2. The largest absolute Gasteiger partial charge is 0.367 e. The van der Waals surface area contributed by atoms with Gasteiger partial charge in [-0.25, -0.2) is 4.98 Å². The highest BCUT2D eigenvalue weighted by Gasteiger charge is 2.29. The fourth-order valence-electron chi connectivity index (χ4n) is 2.87. The van der Waals surface area contributed by atoms with E-state index in [1.165, 1.54) is 0 Å². The van der Waals surface area contributed by atoms with Crippen LogP contribution in [0, 0.1) is 0 Å². The van der Waals surface area contributed by atoms with Crippen molar-refractivity contribution in [2.75, 3.05) is 13.1 Å². The lowest BCUT2D eigenvalue weighted by atomic mass is 10.1. The van der Waals surface area contributed by atoms with Gasteiger partial charge in [0.05, 0.1) is 29.8 Å². The molecule has 2 heterocycles. The Morgan fingerprint density at radius 1 is 1.35 bits per heavy atom. The minimum absolute atomic E-state index is 0.0412. The van der Waals surface area contributed by atoms with Crippen molar-refractivity contribution in [1.29, 1.82) is 0 Å². The summed E-state index contributed by atoms with van der Waals surface area (Å²) in [5.74, 6) is 0.133. The van der Waals surface area contributed by atoms with E-state index in [2.05, 4.69) is 24.0 Å². The summed E-state index contributed by atoms with van der Waals surface area (Å²) >= 11 is 1.63. The molecule has 0 aliphatic carbocycles. The molecule has 4 nitrogen and oxygen atoms in total. The zero-order valence-electron chi connectivity index (χ0n) is 13.6. The van der Waals surface area contributed by atoms with Crippen molar-refractivity contribution in [2.45, 2.75) is 38.9 Å². The third-order valence-electron chi connectivity index (χ3n) is 4.02. The maximum absolute atomic E-state index is 12.6. The average molecular weight is 330 g/mol. The molecule has 1 fully saturated rings. The number of aromatic nitrogens is 1. The van der Waals surface area contributed by atoms with Crippen LogP contribution in [0.4, 0.5) is 0 Å². The summed E-state index contributed by atoms with van der Waals surface area (Å²) in [5.41, 5.74) is 2.01. The smallest absolute Gasteiger partial charge is 0.228 e. The van der Waals surface area contributed by atoms with Gasteiger partial charge in [0.1, 0.15) is 6.10 Å². The van der Waals surface area contributed by atoms with E-state index in [0.29, 0.717) is 19.5 Å². The fraction of sp³-hybridized carbons (Fsp3) is 0.444. The van der Waals surface area contributed by atoms with E-state index in [-0.39, 0.29) is 18.1 Å². The number of thiazole rings is 1. The standard InChI is InChI=1S/C18H22N2O2S/c1-3-17-19-15(12-23-17)9-18(21)20-10-13(2)22-16(11-20)14-7-5-4-6-8-14/h4-8,12-13,16H,3,9-11H2,1-2H3/t13-,16+/m0/s1. The van der Waals surface area contributed by atoms with Crippen molar-refractivity contribution >= 4 is 17.2 Å². The van der Waals surface area contributed by atoms with Crippen LogP contribution in [0.15, 0.2) is 35.7 Å². The van der Waals surface area contributed by atoms with Crippen molar-refractivity contribution in [1.82, 2.24) is 9.88 Å². The van der Waals surface area contributed by atoms with Crippen LogP contribution in [0.2, 0.25) is 0 Å². The van der Waals surface area contributed by atoms with Crippen LogP contribution in [-0.4, -0.2) is 35.0 Å². The van der Waals surface area contributed by atoms with Gasteiger partial charge in [0.25, 0.3) is 0 Å². The highest BCUT2D eigenvalue weighted by molar-refractivity contribution is 7.09. The zero-order valence-corrected chi connectivity index (χ0v) is 14.4. The number of hydrogen-bond donors (Lipinski definition) is 0. The van der Waals surface area contributed by atoms with Crippen LogP contribution < -0.4 is 0 Å². The van der Waals surface area contributed by atoms with Gasteiger partial charge in [-0.2, -0.15) is 0 Å². The number of carbonyl (C=O) groups excluding carboxylic acids is 1. The molecule has 0 spiro atoms. The summed E-state index contributed by atoms with van der Waals surface area (Å²) in [5, 5.41) is 3.08. The van der Waals surface area contributed by atoms with Crippen molar-refractivity contribution in [3.63, 3.8) is 0 Å². The average Bonchev–Trinajstić information content (AvgIpc) is 3.02. The molecule has 0 saturated carbocycles. The number of aryl methyl sites for hydroxylation is 1. The molecule has 1 saturated heterocycles. The van der Waals surface area contributed by atoms with Gasteiger partial charge in [-0.15, -0.1) is 11.3 Å². The second-order valence-electron chi connectivity index (χ2n) is 5.91. The van der Waals surface area contributed by atoms with Crippen LogP contribution in [0.1, 0.15) is 36.2 Å². The quantitative estimate of drug-likeness (QED) is 0.864. The van der Waals surface area contributed by atoms with Crippen molar-refractivity contribution in [2.24, 2.45) is 0 Å². The molecule has 0 unspecified atom stereocenters. The second kappa shape index (κ2) is 7.23. The van der Waals surface area contributed by atoms with Crippen molar-refractivity contribution in [3.05, 3.63) is 52.0 Å². The van der Waals surface area contributed by atoms with Crippen LogP contribution in [0.5, 0.6) is 0 Å². The number of morpholine rings is 1. The Morgan fingerprint density at radius 3 is 2.83 bits per heavy atom. The molecule has 2 atom stereocenters. The van der Waals surface area contributed by atoms with Gasteiger partial charge in [0.15, 0.2) is 0 Å². The number of amides is 1. The summed E-state index contributed by atoms with van der Waals surface area (Å²) in [7, 11) is 0. The molecule has 3 rings (SSSR count). The van der Waals surface area contributed by atoms with E-state index in [9.17, 15) is 4.79 Å². The Morgan fingerprint density at radius 2 is 2.13 bits per heavy atom. The van der Waals surface area contributed by atoms with Gasteiger partial charge in [-0.05, 0) is 18.9 Å². The first-order valence-electron chi connectivity index (χ1n) is 8.07. The summed E-state index contributed by atoms with van der Waals surface area (Å²) < 4.78 is 6.02. The minimum atomic E-state index is -0.0504.